The molecule has 0 aliphatic carbocycles. The van der Waals surface area contributed by atoms with Gasteiger partial charge in [-0.3, -0.25) is 4.57 Å². The summed E-state index contributed by atoms with van der Waals surface area (Å²) >= 11 is 1.46. The number of benzene rings is 1. The molecule has 2 aromatic heterocycles. The predicted octanol–water partition coefficient (Wildman–Crippen LogP) is 4.51. The Morgan fingerprint density at radius 3 is 2.76 bits per heavy atom. The molecule has 0 saturated heterocycles. The van der Waals surface area contributed by atoms with Crippen molar-refractivity contribution in [2.75, 3.05) is 0 Å². The van der Waals surface area contributed by atoms with Crippen molar-refractivity contribution >= 4 is 34.4 Å². The second kappa shape index (κ2) is 7.10. The zero-order valence-corrected chi connectivity index (χ0v) is 14.3. The fourth-order valence-corrected chi connectivity index (χ4v) is 3.01. The highest BCUT2D eigenvalue weighted by Gasteiger charge is 2.23. The lowest BCUT2D eigenvalue weighted by Gasteiger charge is -2.14. The number of aryl methyl sites for hydroxylation is 1. The number of esters is 1. The average molecular weight is 363 g/mol. The van der Waals surface area contributed by atoms with Crippen molar-refractivity contribution in [1.29, 1.82) is 0 Å². The minimum atomic E-state index is -2.78. The third-order valence-electron chi connectivity index (χ3n) is 3.50. The molecule has 0 spiro atoms. The highest BCUT2D eigenvalue weighted by atomic mass is 32.1. The lowest BCUT2D eigenvalue weighted by Crippen LogP contribution is -2.13. The van der Waals surface area contributed by atoms with Crippen LogP contribution in [0.15, 0.2) is 35.7 Å². The zero-order chi connectivity index (χ0) is 18.0. The van der Waals surface area contributed by atoms with Gasteiger partial charge in [-0.05, 0) is 32.1 Å². The van der Waals surface area contributed by atoms with Crippen LogP contribution in [0.4, 0.5) is 8.78 Å². The highest BCUT2D eigenvalue weighted by Crippen LogP contribution is 2.28. The number of carbonyl (C=O) groups excluding carboxylic acids is 1. The van der Waals surface area contributed by atoms with Crippen molar-refractivity contribution in [3.8, 4) is 0 Å². The summed E-state index contributed by atoms with van der Waals surface area (Å²) in [5.74, 6) is -0.645. The van der Waals surface area contributed by atoms with E-state index in [1.165, 1.54) is 30.4 Å². The lowest BCUT2D eigenvalue weighted by atomic mass is 10.3. The van der Waals surface area contributed by atoms with E-state index < -0.39 is 18.6 Å². The van der Waals surface area contributed by atoms with Gasteiger partial charge in [0.25, 0.3) is 0 Å². The Balaban J connectivity index is 1.80. The van der Waals surface area contributed by atoms with Crippen LogP contribution in [0.1, 0.15) is 36.1 Å². The van der Waals surface area contributed by atoms with Gasteiger partial charge in [0.05, 0.1) is 21.7 Å². The summed E-state index contributed by atoms with van der Waals surface area (Å²) in [5.41, 5.74) is 1.37. The molecule has 25 heavy (non-hydrogen) atoms. The number of thiazole rings is 1. The van der Waals surface area contributed by atoms with Crippen molar-refractivity contribution in [3.05, 3.63) is 52.2 Å². The van der Waals surface area contributed by atoms with Crippen LogP contribution >= 0.6 is 11.3 Å². The second-order valence-corrected chi connectivity index (χ2v) is 6.37. The van der Waals surface area contributed by atoms with Gasteiger partial charge in [-0.15, -0.1) is 11.3 Å². The van der Waals surface area contributed by atoms with E-state index in [4.69, 9.17) is 4.74 Å². The summed E-state index contributed by atoms with van der Waals surface area (Å²) in [4.78, 5) is 20.3. The number of imidazole rings is 1. The summed E-state index contributed by atoms with van der Waals surface area (Å²) in [7, 11) is 0. The Morgan fingerprint density at radius 2 is 2.08 bits per heavy atom. The van der Waals surface area contributed by atoms with Crippen LogP contribution in [-0.4, -0.2) is 20.5 Å². The minimum Gasteiger partial charge on any atom is -0.451 e. The molecule has 3 aromatic rings. The predicted molar refractivity (Wildman–Crippen MR) is 91.4 cm³/mol. The van der Waals surface area contributed by atoms with Crippen LogP contribution in [0, 0.1) is 6.92 Å². The number of carbonyl (C=O) groups is 1. The molecule has 5 nitrogen and oxygen atoms in total. The Kier molecular flexibility index (Phi) is 4.89. The number of halogens is 2. The summed E-state index contributed by atoms with van der Waals surface area (Å²) < 4.78 is 32.8. The van der Waals surface area contributed by atoms with Gasteiger partial charge < -0.3 is 4.74 Å². The molecule has 1 atom stereocenters. The maximum atomic E-state index is 13.4. The van der Waals surface area contributed by atoms with Gasteiger partial charge in [-0.1, -0.05) is 12.1 Å². The van der Waals surface area contributed by atoms with Gasteiger partial charge in [0.2, 0.25) is 0 Å². The van der Waals surface area contributed by atoms with Gasteiger partial charge in [0.1, 0.15) is 0 Å². The van der Waals surface area contributed by atoms with Crippen molar-refractivity contribution < 1.29 is 18.3 Å². The first kappa shape index (κ1) is 17.2. The molecule has 0 bridgehead atoms. The summed E-state index contributed by atoms with van der Waals surface area (Å²) in [6, 6.07) is 6.56. The van der Waals surface area contributed by atoms with Gasteiger partial charge in [-0.2, -0.15) is 8.78 Å². The maximum Gasteiger partial charge on any atom is 0.331 e. The average Bonchev–Trinajstić information content (AvgIpc) is 3.16. The van der Waals surface area contributed by atoms with Gasteiger partial charge in [0, 0.05) is 11.5 Å². The largest absolute Gasteiger partial charge is 0.451 e. The molecule has 3 rings (SSSR count). The molecular formula is C17H15F2N3O2S. The molecule has 0 aliphatic rings. The van der Waals surface area contributed by atoms with E-state index in [0.717, 1.165) is 9.57 Å². The molecule has 0 amide bonds. The molecule has 8 heteroatoms. The number of hydrogen-bond acceptors (Lipinski definition) is 5. The zero-order valence-electron chi connectivity index (χ0n) is 13.5. The van der Waals surface area contributed by atoms with Crippen LogP contribution in [-0.2, 0) is 9.53 Å². The van der Waals surface area contributed by atoms with E-state index in [1.807, 2.05) is 6.92 Å². The van der Waals surface area contributed by atoms with Gasteiger partial charge in [-0.25, -0.2) is 14.8 Å². The number of rotatable bonds is 5. The van der Waals surface area contributed by atoms with Crippen LogP contribution in [0.5, 0.6) is 0 Å². The topological polar surface area (TPSA) is 57.0 Å². The van der Waals surface area contributed by atoms with Crippen LogP contribution in [0.2, 0.25) is 0 Å². The first-order valence-electron chi connectivity index (χ1n) is 7.51. The monoisotopic (exact) mass is 363 g/mol. The molecule has 2 heterocycles. The van der Waals surface area contributed by atoms with Crippen LogP contribution in [0.25, 0.3) is 17.1 Å². The van der Waals surface area contributed by atoms with Crippen molar-refractivity contribution in [1.82, 2.24) is 14.5 Å². The fraction of sp³-hybridized carbons (Fsp3) is 0.235. The molecule has 1 unspecified atom stereocenters. The Hall–Kier alpha value is -2.61. The lowest BCUT2D eigenvalue weighted by molar-refractivity contribution is -0.143. The van der Waals surface area contributed by atoms with E-state index in [1.54, 1.807) is 29.6 Å². The van der Waals surface area contributed by atoms with Crippen molar-refractivity contribution in [2.24, 2.45) is 0 Å². The third kappa shape index (κ3) is 3.74. The SMILES string of the molecule is Cc1nc(/C=C/C(=O)OC(C)c2nc3ccccc3n2C(F)F)cs1. The van der Waals surface area contributed by atoms with Crippen LogP contribution < -0.4 is 0 Å². The summed E-state index contributed by atoms with van der Waals surface area (Å²) in [5, 5.41) is 2.69. The molecule has 0 fully saturated rings. The summed E-state index contributed by atoms with van der Waals surface area (Å²) in [6.07, 6.45) is 1.82. The molecule has 0 aliphatic heterocycles. The maximum absolute atomic E-state index is 13.4. The Bertz CT molecular complexity index is 933. The number of hydrogen-bond donors (Lipinski definition) is 0. The Morgan fingerprint density at radius 1 is 1.32 bits per heavy atom. The van der Waals surface area contributed by atoms with Crippen molar-refractivity contribution in [3.63, 3.8) is 0 Å². The number of nitrogens with zero attached hydrogens (tertiary/aromatic N) is 3. The van der Waals surface area contributed by atoms with E-state index >= 15 is 0 Å². The second-order valence-electron chi connectivity index (χ2n) is 5.31. The van der Waals surface area contributed by atoms with E-state index in [-0.39, 0.29) is 5.82 Å². The van der Waals surface area contributed by atoms with Crippen LogP contribution in [0.3, 0.4) is 0 Å². The molecule has 0 radical (unpaired) electrons. The quantitative estimate of drug-likeness (QED) is 0.494. The number of ether oxygens (including phenoxy) is 1. The first-order valence-corrected chi connectivity index (χ1v) is 8.39. The minimum absolute atomic E-state index is 0.00227. The van der Waals surface area contributed by atoms with E-state index in [9.17, 15) is 13.6 Å². The van der Waals surface area contributed by atoms with E-state index in [2.05, 4.69) is 9.97 Å². The molecular weight excluding hydrogens is 348 g/mol. The standard InChI is InChI=1S/C17H15F2N3O2S/c1-10(24-15(23)8-7-12-9-25-11(2)20-12)16-21-13-5-3-4-6-14(13)22(16)17(18)19/h3-10,17H,1-2H3/b8-7+. The number of alkyl halides is 2. The highest BCUT2D eigenvalue weighted by molar-refractivity contribution is 7.09. The van der Waals surface area contributed by atoms with Gasteiger partial charge in [0.15, 0.2) is 11.9 Å². The van der Waals surface area contributed by atoms with Gasteiger partial charge >= 0.3 is 12.5 Å². The summed E-state index contributed by atoms with van der Waals surface area (Å²) in [6.45, 7) is 0.591. The number of aromatic nitrogens is 3. The van der Waals surface area contributed by atoms with E-state index in [0.29, 0.717) is 16.7 Å². The fourth-order valence-electron chi connectivity index (χ4n) is 2.43. The molecule has 1 aromatic carbocycles. The smallest absolute Gasteiger partial charge is 0.331 e. The third-order valence-corrected chi connectivity index (χ3v) is 4.29. The number of para-hydroxylation sites is 2. The molecule has 0 saturated carbocycles. The normalized spacial score (nSPS) is 13.0. The Labute approximate surface area is 146 Å². The number of fused-ring (bicyclic) bond motifs is 1. The molecule has 0 N–H and O–H groups in total. The first-order chi connectivity index (χ1) is 12.0. The van der Waals surface area contributed by atoms with Crippen molar-refractivity contribution in [2.45, 2.75) is 26.5 Å². The molecule has 130 valence electrons.